The van der Waals surface area contributed by atoms with Crippen LogP contribution in [0, 0.1) is 5.92 Å². The molecule has 7 nitrogen and oxygen atoms in total. The minimum atomic E-state index is -0.738. The molecular formula is C23H23Cl2N3O4. The molecule has 0 radical (unpaired) electrons. The van der Waals surface area contributed by atoms with Gasteiger partial charge in [-0.05, 0) is 69.5 Å². The van der Waals surface area contributed by atoms with Crippen LogP contribution in [0.4, 0.5) is 5.69 Å². The third-order valence-electron chi connectivity index (χ3n) is 5.33. The van der Waals surface area contributed by atoms with Crippen LogP contribution in [0.15, 0.2) is 40.9 Å². The van der Waals surface area contributed by atoms with Gasteiger partial charge in [-0.1, -0.05) is 28.4 Å². The van der Waals surface area contributed by atoms with Gasteiger partial charge in [-0.25, -0.2) is 0 Å². The Bertz CT molecular complexity index is 1130. The van der Waals surface area contributed by atoms with Crippen molar-refractivity contribution >= 4 is 34.9 Å². The molecule has 0 saturated heterocycles. The molecule has 0 spiro atoms. The second-order valence-corrected chi connectivity index (χ2v) is 8.93. The number of ether oxygens (including phenoxy) is 1. The molecule has 1 fully saturated rings. The van der Waals surface area contributed by atoms with Crippen LogP contribution in [0.5, 0.6) is 5.75 Å². The normalized spacial score (nSPS) is 18.2. The lowest BCUT2D eigenvalue weighted by atomic mass is 10.1. The Morgan fingerprint density at radius 3 is 2.66 bits per heavy atom. The van der Waals surface area contributed by atoms with E-state index in [1.807, 2.05) is 26.0 Å². The molecule has 2 atom stereocenters. The Morgan fingerprint density at radius 1 is 1.19 bits per heavy atom. The highest BCUT2D eigenvalue weighted by atomic mass is 35.5. The molecular weight excluding hydrogens is 453 g/mol. The zero-order valence-electron chi connectivity index (χ0n) is 17.6. The molecule has 4 rings (SSSR count). The van der Waals surface area contributed by atoms with Crippen molar-refractivity contribution in [1.29, 1.82) is 0 Å². The van der Waals surface area contributed by atoms with E-state index < -0.39 is 5.97 Å². The number of aromatic nitrogens is 2. The lowest BCUT2D eigenvalue weighted by Crippen LogP contribution is -2.17. The van der Waals surface area contributed by atoms with Gasteiger partial charge in [-0.15, -0.1) is 0 Å². The molecule has 0 bridgehead atoms. The van der Waals surface area contributed by atoms with Gasteiger partial charge in [0.25, 0.3) is 5.89 Å². The average Bonchev–Trinajstić information content (AvgIpc) is 3.39. The zero-order chi connectivity index (χ0) is 22.8. The van der Waals surface area contributed by atoms with Gasteiger partial charge in [-0.3, -0.25) is 4.79 Å². The number of hydrogen-bond donors (Lipinski definition) is 2. The minimum absolute atomic E-state index is 0.0157. The van der Waals surface area contributed by atoms with Gasteiger partial charge in [0.15, 0.2) is 0 Å². The van der Waals surface area contributed by atoms with Crippen LogP contribution in [0.25, 0.3) is 22.8 Å². The molecule has 1 saturated carbocycles. The predicted molar refractivity (Wildman–Crippen MR) is 123 cm³/mol. The van der Waals surface area contributed by atoms with E-state index in [2.05, 4.69) is 15.5 Å². The maximum Gasteiger partial charge on any atom is 0.306 e. The molecule has 32 heavy (non-hydrogen) atoms. The fourth-order valence-electron chi connectivity index (χ4n) is 3.79. The Morgan fingerprint density at radius 2 is 2.00 bits per heavy atom. The van der Waals surface area contributed by atoms with Crippen LogP contribution in [-0.2, 0) is 4.79 Å². The first-order chi connectivity index (χ1) is 15.3. The van der Waals surface area contributed by atoms with E-state index in [-0.39, 0.29) is 18.1 Å². The molecule has 2 unspecified atom stereocenters. The molecule has 1 aromatic heterocycles. The number of nitrogens with one attached hydrogen (secondary N) is 1. The zero-order valence-corrected chi connectivity index (χ0v) is 19.2. The first-order valence-corrected chi connectivity index (χ1v) is 11.2. The fraction of sp³-hybridized carbons (Fsp3) is 0.348. The summed E-state index contributed by atoms with van der Waals surface area (Å²) in [5.74, 6) is 0.248. The van der Waals surface area contributed by atoms with Crippen molar-refractivity contribution < 1.29 is 19.2 Å². The van der Waals surface area contributed by atoms with Crippen LogP contribution in [-0.4, -0.2) is 33.4 Å². The van der Waals surface area contributed by atoms with E-state index in [1.54, 1.807) is 24.3 Å². The van der Waals surface area contributed by atoms with Crippen molar-refractivity contribution in [3.63, 3.8) is 0 Å². The van der Waals surface area contributed by atoms with E-state index in [0.29, 0.717) is 51.5 Å². The van der Waals surface area contributed by atoms with Gasteiger partial charge < -0.3 is 19.7 Å². The van der Waals surface area contributed by atoms with Gasteiger partial charge in [0.2, 0.25) is 5.82 Å². The first-order valence-electron chi connectivity index (χ1n) is 10.4. The summed E-state index contributed by atoms with van der Waals surface area (Å²) in [5.41, 5.74) is 2.13. The molecule has 0 aliphatic heterocycles. The summed E-state index contributed by atoms with van der Waals surface area (Å²) >= 11 is 12.8. The van der Waals surface area contributed by atoms with Gasteiger partial charge in [0.1, 0.15) is 5.75 Å². The SMILES string of the molecule is CC(C)Oc1ccc(-c2noc(-c3ccc(NC4CCC(C(=O)O)C4)cc3Cl)n2)cc1Cl. The highest BCUT2D eigenvalue weighted by Gasteiger charge is 2.29. The maximum atomic E-state index is 11.2. The molecule has 0 amide bonds. The summed E-state index contributed by atoms with van der Waals surface area (Å²) in [6.07, 6.45) is 2.11. The van der Waals surface area contributed by atoms with Crippen molar-refractivity contribution in [3.8, 4) is 28.6 Å². The standard InChI is InChI=1S/C23H23Cl2N3O4/c1-12(2)31-20-8-4-13(10-19(20)25)21-27-22(32-28-21)17-7-6-16(11-18(17)24)26-15-5-3-14(9-15)23(29)30/h4,6-8,10-12,14-15,26H,3,5,9H2,1-2H3,(H,29,30). The van der Waals surface area contributed by atoms with Crippen molar-refractivity contribution in [2.24, 2.45) is 5.92 Å². The van der Waals surface area contributed by atoms with E-state index in [0.717, 1.165) is 12.1 Å². The van der Waals surface area contributed by atoms with Crippen LogP contribution in [0.1, 0.15) is 33.1 Å². The van der Waals surface area contributed by atoms with Crippen molar-refractivity contribution in [3.05, 3.63) is 46.4 Å². The van der Waals surface area contributed by atoms with E-state index in [9.17, 15) is 4.79 Å². The largest absolute Gasteiger partial charge is 0.489 e. The number of hydrogen-bond acceptors (Lipinski definition) is 6. The second-order valence-electron chi connectivity index (χ2n) is 8.12. The topological polar surface area (TPSA) is 97.5 Å². The Balaban J connectivity index is 1.48. The number of carboxylic acids is 1. The number of carboxylic acid groups (broad SMARTS) is 1. The highest BCUT2D eigenvalue weighted by molar-refractivity contribution is 6.33. The Hall–Kier alpha value is -2.77. The number of aliphatic carboxylic acids is 1. The lowest BCUT2D eigenvalue weighted by molar-refractivity contribution is -0.141. The van der Waals surface area contributed by atoms with Gasteiger partial charge in [0, 0.05) is 17.3 Å². The molecule has 1 aliphatic rings. The van der Waals surface area contributed by atoms with Crippen molar-refractivity contribution in [1.82, 2.24) is 10.1 Å². The summed E-state index contributed by atoms with van der Waals surface area (Å²) in [6.45, 7) is 3.86. The molecule has 3 aromatic rings. The average molecular weight is 476 g/mol. The molecule has 168 valence electrons. The third-order valence-corrected chi connectivity index (χ3v) is 5.94. The Labute approximate surface area is 195 Å². The lowest BCUT2D eigenvalue weighted by Gasteiger charge is -2.14. The first kappa shape index (κ1) is 22.4. The van der Waals surface area contributed by atoms with Gasteiger partial charge in [0.05, 0.1) is 27.6 Å². The summed E-state index contributed by atoms with van der Waals surface area (Å²) in [7, 11) is 0. The molecule has 1 heterocycles. The van der Waals surface area contributed by atoms with E-state index in [4.69, 9.17) is 37.6 Å². The van der Waals surface area contributed by atoms with Gasteiger partial charge >= 0.3 is 5.97 Å². The highest BCUT2D eigenvalue weighted by Crippen LogP contribution is 2.34. The molecule has 2 N–H and O–H groups in total. The number of carbonyl (C=O) groups is 1. The second kappa shape index (κ2) is 9.38. The number of benzene rings is 2. The minimum Gasteiger partial charge on any atom is -0.489 e. The molecule has 2 aromatic carbocycles. The molecule has 1 aliphatic carbocycles. The monoisotopic (exact) mass is 475 g/mol. The summed E-state index contributed by atoms with van der Waals surface area (Å²) in [6, 6.07) is 10.9. The Kier molecular flexibility index (Phi) is 6.58. The van der Waals surface area contributed by atoms with Crippen molar-refractivity contribution in [2.75, 3.05) is 5.32 Å². The summed E-state index contributed by atoms with van der Waals surface area (Å²) in [5, 5.41) is 17.5. The predicted octanol–water partition coefficient (Wildman–Crippen LogP) is 6.16. The molecule has 9 heteroatoms. The third kappa shape index (κ3) is 5.00. The number of anilines is 1. The number of nitrogens with zero attached hydrogens (tertiary/aromatic N) is 2. The van der Waals surface area contributed by atoms with Crippen LogP contribution >= 0.6 is 23.2 Å². The number of rotatable bonds is 7. The van der Waals surface area contributed by atoms with Crippen LogP contribution in [0.3, 0.4) is 0 Å². The van der Waals surface area contributed by atoms with E-state index >= 15 is 0 Å². The van der Waals surface area contributed by atoms with Crippen molar-refractivity contribution in [2.45, 2.75) is 45.3 Å². The maximum absolute atomic E-state index is 11.2. The number of halogens is 2. The quantitative estimate of drug-likeness (QED) is 0.421. The van der Waals surface area contributed by atoms with E-state index in [1.165, 1.54) is 0 Å². The van der Waals surface area contributed by atoms with Gasteiger partial charge in [-0.2, -0.15) is 4.98 Å². The van der Waals surface area contributed by atoms with Crippen LogP contribution < -0.4 is 10.1 Å². The summed E-state index contributed by atoms with van der Waals surface area (Å²) < 4.78 is 11.1. The fourth-order valence-corrected chi connectivity index (χ4v) is 4.28. The summed E-state index contributed by atoms with van der Waals surface area (Å²) in [4.78, 5) is 15.6. The smallest absolute Gasteiger partial charge is 0.306 e. The van der Waals surface area contributed by atoms with Crippen LogP contribution in [0.2, 0.25) is 10.0 Å².